The van der Waals surface area contributed by atoms with Gasteiger partial charge in [-0.15, -0.1) is 0 Å². The van der Waals surface area contributed by atoms with Gasteiger partial charge in [0, 0.05) is 48.8 Å². The number of benzene rings is 1. The van der Waals surface area contributed by atoms with Gasteiger partial charge in [0.2, 0.25) is 0 Å². The Hall–Kier alpha value is -1.35. The first-order valence-corrected chi connectivity index (χ1v) is 10.5. The van der Waals surface area contributed by atoms with E-state index in [-0.39, 0.29) is 152 Å². The fourth-order valence-electron chi connectivity index (χ4n) is 1.11. The first-order chi connectivity index (χ1) is 14.9. The molecule has 0 heterocycles. The fourth-order valence-corrected chi connectivity index (χ4v) is 1.11. The minimum absolute atomic E-state index is 0. The second kappa shape index (κ2) is 158. The lowest BCUT2D eigenvalue weighted by Crippen LogP contribution is -2.11. The van der Waals surface area contributed by atoms with E-state index in [9.17, 15) is 4.79 Å². The van der Waals surface area contributed by atoms with Gasteiger partial charge in [0.1, 0.15) is 5.78 Å². The number of carbonyl (C=O) groups is 1. The summed E-state index contributed by atoms with van der Waals surface area (Å²) in [4.78, 5) is 9.44. The first kappa shape index (κ1) is 168. The minimum Gasteiger partial charge on any atom is -0.394 e. The predicted octanol–water partition coefficient (Wildman–Crippen LogP) is 15.9. The lowest BCUT2D eigenvalue weighted by Gasteiger charge is -2.05. The first-order valence-electron chi connectivity index (χ1n) is 10.5. The number of hydrogen-bond donors (Lipinski definition) is 1. The zero-order valence-corrected chi connectivity index (χ0v) is 23.0. The Labute approximate surface area is 331 Å². The largest absolute Gasteiger partial charge is 0.394 e. The summed E-state index contributed by atoms with van der Waals surface area (Å²) >= 11 is 0. The van der Waals surface area contributed by atoms with Crippen molar-refractivity contribution in [2.75, 3.05) is 62.5 Å². The molecule has 0 spiro atoms. The van der Waals surface area contributed by atoms with Crippen LogP contribution in [0, 0.1) is 13.8 Å². The van der Waals surface area contributed by atoms with Gasteiger partial charge in [0.25, 0.3) is 0 Å². The van der Waals surface area contributed by atoms with Crippen LogP contribution >= 0.6 is 0 Å². The van der Waals surface area contributed by atoms with E-state index < -0.39 is 0 Å². The average Bonchev–Trinajstić information content (AvgIpc) is 2.69. The topological polar surface area (TPSA) is 83.5 Å². The molecule has 338 valence electrons. The molecule has 0 aromatic heterocycles. The predicted molar refractivity (Wildman–Crippen MR) is 256 cm³/mol. The highest BCUT2D eigenvalue weighted by Gasteiger charge is 1.93. The smallest absolute Gasteiger partial charge is 0.126 e. The van der Waals surface area contributed by atoms with Crippen LogP contribution < -0.4 is 0 Å². The molecule has 0 bridgehead atoms. The summed E-state index contributed by atoms with van der Waals surface area (Å²) < 4.78 is 23.2. The minimum atomic E-state index is -0.167. The third-order valence-corrected chi connectivity index (χ3v) is 2.51. The van der Waals surface area contributed by atoms with Crippen LogP contribution in [0.4, 0.5) is 0 Å². The van der Waals surface area contributed by atoms with Crippen LogP contribution in [0.5, 0.6) is 0 Å². The number of ketones is 1. The molecule has 1 unspecified atom stereocenters. The summed E-state index contributed by atoms with van der Waals surface area (Å²) in [6, 6.07) is 8.48. The van der Waals surface area contributed by atoms with E-state index in [4.69, 9.17) is 14.6 Å². The van der Waals surface area contributed by atoms with Crippen molar-refractivity contribution in [3.63, 3.8) is 0 Å². The molecule has 0 amide bonds. The van der Waals surface area contributed by atoms with Gasteiger partial charge in [-0.1, -0.05) is 169 Å². The van der Waals surface area contributed by atoms with E-state index in [1.54, 1.807) is 56.5 Å². The number of aliphatic hydroxyl groups excluding tert-OH is 1. The molecule has 7 nitrogen and oxygen atoms in total. The van der Waals surface area contributed by atoms with Crippen LogP contribution in [0.1, 0.15) is 179 Å². The van der Waals surface area contributed by atoms with Gasteiger partial charge in [-0.05, 0) is 48.5 Å². The lowest BCUT2D eigenvalue weighted by atomic mass is 10.2. The summed E-state index contributed by atoms with van der Waals surface area (Å²) in [6.07, 6.45) is 0.0602. The van der Waals surface area contributed by atoms with Gasteiger partial charge in [0.15, 0.2) is 0 Å². The Morgan fingerprint density at radius 1 is 0.520 bits per heavy atom. The number of aliphatic hydroxyl groups is 1. The molecule has 0 aliphatic carbocycles. The van der Waals surface area contributed by atoms with Gasteiger partial charge in [-0.25, -0.2) is 0 Å². The van der Waals surface area contributed by atoms with E-state index in [1.807, 2.05) is 6.92 Å². The van der Waals surface area contributed by atoms with E-state index in [2.05, 4.69) is 52.3 Å². The number of ether oxygens (including phenoxy) is 5. The highest BCUT2D eigenvalue weighted by atomic mass is 16.5. The molecule has 1 N–H and O–H groups in total. The van der Waals surface area contributed by atoms with Gasteiger partial charge >= 0.3 is 0 Å². The lowest BCUT2D eigenvalue weighted by molar-refractivity contribution is -0.115. The molecule has 1 aromatic carbocycles. The summed E-state index contributed by atoms with van der Waals surface area (Å²) in [5, 5.41) is 8.06. The number of Topliss-reactive ketones (excluding diaryl/α,β-unsaturated/α-hetero) is 1. The van der Waals surface area contributed by atoms with Gasteiger partial charge < -0.3 is 33.6 Å². The van der Waals surface area contributed by atoms with Gasteiger partial charge in [0.05, 0.1) is 25.9 Å². The molecular weight excluding hydrogens is 628 g/mol. The molecule has 0 radical (unpaired) electrons. The zero-order chi connectivity index (χ0) is 26.4. The number of rotatable bonds is 6. The summed E-state index contributed by atoms with van der Waals surface area (Å²) in [5.41, 5.74) is 2.66. The molecular formula is C43H124O7. The van der Waals surface area contributed by atoms with Crippen molar-refractivity contribution in [1.82, 2.24) is 0 Å². The molecule has 0 saturated carbocycles. The summed E-state index contributed by atoms with van der Waals surface area (Å²) in [5.74, 6) is 0.167. The molecule has 1 aromatic rings. The molecule has 0 saturated heterocycles. The second-order valence-electron chi connectivity index (χ2n) is 7.05. The SMILES string of the molecule is C.C.C.C.C.C.C.C.C.C.C.C.C.C.C.C.C.C.CC(C)=O.CC(C)O.COC.COCC(C)OC.COCCOC.Cc1ccc(C)cc1. The number of methoxy groups -OCH3 is 5. The Morgan fingerprint density at radius 2 is 0.680 bits per heavy atom. The standard InChI is InChI=1S/C8H10.C5H12O2.C4H10O2.C3H8O.C3H6O.C2H6O.18CH4/c1-7-3-5-8(2)6-4-7;1-5(7-3)4-6-2;1-5-3-4-6-2;2*1-3(2)4;1-3-2;;;;;;;;;;;;;;;;;;/h3-6H,1-2H3;5H,4H2,1-3H3;3-4H2,1-2H3;3-4H,1-2H3;1-2H3;1-2H3;18*1H4. The molecule has 1 rings (SSSR count). The van der Waals surface area contributed by atoms with E-state index in [0.717, 1.165) is 0 Å². The third kappa shape index (κ3) is 351. The van der Waals surface area contributed by atoms with Crippen molar-refractivity contribution in [2.24, 2.45) is 0 Å². The van der Waals surface area contributed by atoms with Crippen LogP contribution in [0.25, 0.3) is 0 Å². The fraction of sp³-hybridized carbons (Fsp3) is 0.837. The van der Waals surface area contributed by atoms with Crippen LogP contribution in [0.3, 0.4) is 0 Å². The normalized spacial score (nSPS) is 6.14. The molecule has 0 aliphatic rings. The highest BCUT2D eigenvalue weighted by molar-refractivity contribution is 5.72. The highest BCUT2D eigenvalue weighted by Crippen LogP contribution is 1.99. The maximum absolute atomic E-state index is 9.44. The molecule has 7 heteroatoms. The molecule has 50 heavy (non-hydrogen) atoms. The Morgan fingerprint density at radius 3 is 0.760 bits per heavy atom. The van der Waals surface area contributed by atoms with E-state index in [0.29, 0.717) is 19.8 Å². The second-order valence-corrected chi connectivity index (χ2v) is 7.05. The Kier molecular flexibility index (Phi) is 529. The maximum atomic E-state index is 9.44. The third-order valence-electron chi connectivity index (χ3n) is 2.51. The van der Waals surface area contributed by atoms with Crippen molar-refractivity contribution in [1.29, 1.82) is 0 Å². The number of aryl methyl sites for hydroxylation is 2. The van der Waals surface area contributed by atoms with Crippen molar-refractivity contribution >= 4 is 5.78 Å². The number of hydrogen-bond acceptors (Lipinski definition) is 7. The molecule has 1 atom stereocenters. The Balaban J connectivity index is -0.00000000793. The van der Waals surface area contributed by atoms with Crippen LogP contribution in [0.2, 0.25) is 0 Å². The summed E-state index contributed by atoms with van der Waals surface area (Å²) in [7, 11) is 9.89. The van der Waals surface area contributed by atoms with Crippen molar-refractivity contribution in [3.8, 4) is 0 Å². The summed E-state index contributed by atoms with van der Waals surface area (Å²) in [6.45, 7) is 14.7. The maximum Gasteiger partial charge on any atom is 0.126 e. The van der Waals surface area contributed by atoms with Crippen LogP contribution in [-0.4, -0.2) is 85.6 Å². The monoisotopic (exact) mass is 753 g/mol. The van der Waals surface area contributed by atoms with Crippen LogP contribution in [-0.2, 0) is 28.5 Å². The number of carbonyl (C=O) groups excluding carboxylic acids is 1. The van der Waals surface area contributed by atoms with E-state index >= 15 is 0 Å². The zero-order valence-electron chi connectivity index (χ0n) is 23.0. The quantitative estimate of drug-likeness (QED) is 0.290. The van der Waals surface area contributed by atoms with Crippen molar-refractivity contribution in [2.45, 2.75) is 194 Å². The molecule has 0 aliphatic heterocycles. The van der Waals surface area contributed by atoms with Crippen LogP contribution in [0.15, 0.2) is 24.3 Å². The van der Waals surface area contributed by atoms with Gasteiger partial charge in [-0.3, -0.25) is 0 Å². The van der Waals surface area contributed by atoms with Crippen molar-refractivity contribution < 1.29 is 33.6 Å². The Bertz CT molecular complexity index is 408. The molecule has 0 fully saturated rings. The van der Waals surface area contributed by atoms with E-state index in [1.165, 1.54) is 25.0 Å². The van der Waals surface area contributed by atoms with Crippen molar-refractivity contribution in [3.05, 3.63) is 35.4 Å². The van der Waals surface area contributed by atoms with Gasteiger partial charge in [-0.2, -0.15) is 0 Å². The average molecular weight is 753 g/mol.